The van der Waals surface area contributed by atoms with Crippen molar-refractivity contribution in [1.82, 2.24) is 9.80 Å². The lowest BCUT2D eigenvalue weighted by Gasteiger charge is -2.34. The number of rotatable bonds is 6. The first-order valence-electron chi connectivity index (χ1n) is 6.96. The highest BCUT2D eigenvalue weighted by atomic mass is 32.2. The highest BCUT2D eigenvalue weighted by molar-refractivity contribution is 8.00. The molecule has 2 unspecified atom stereocenters. The second kappa shape index (κ2) is 7.57. The maximum atomic E-state index is 12.7. The molecule has 0 saturated carbocycles. The van der Waals surface area contributed by atoms with Crippen LogP contribution in [0.1, 0.15) is 27.2 Å². The lowest BCUT2D eigenvalue weighted by Crippen LogP contribution is -2.52. The predicted molar refractivity (Wildman–Crippen MR) is 81.8 cm³/mol. The summed E-state index contributed by atoms with van der Waals surface area (Å²) in [5.74, 6) is -0.248. The van der Waals surface area contributed by atoms with Gasteiger partial charge in [-0.2, -0.15) is 0 Å². The molecule has 1 heterocycles. The van der Waals surface area contributed by atoms with E-state index in [1.165, 1.54) is 4.90 Å². The van der Waals surface area contributed by atoms with Gasteiger partial charge < -0.3 is 10.0 Å². The number of carbonyl (C=O) groups excluding carboxylic acids is 1. The van der Waals surface area contributed by atoms with Crippen LogP contribution in [0.15, 0.2) is 12.7 Å². The normalized spacial score (nSPS) is 22.1. The van der Waals surface area contributed by atoms with Crippen LogP contribution in [-0.2, 0) is 4.79 Å². The third-order valence-corrected chi connectivity index (χ3v) is 4.85. The van der Waals surface area contributed by atoms with E-state index < -0.39 is 12.0 Å². The third kappa shape index (κ3) is 3.69. The van der Waals surface area contributed by atoms with Crippen LogP contribution in [0.2, 0.25) is 0 Å². The zero-order valence-corrected chi connectivity index (χ0v) is 13.2. The van der Waals surface area contributed by atoms with E-state index in [1.807, 2.05) is 20.8 Å². The minimum absolute atomic E-state index is 0.0761. The fraction of sp³-hybridized carbons (Fsp3) is 0.714. The molecule has 6 heteroatoms. The Balaban J connectivity index is 2.97. The molecule has 1 fully saturated rings. The summed E-state index contributed by atoms with van der Waals surface area (Å²) >= 11 is 1.55. The molecule has 0 radical (unpaired) electrons. The Labute approximate surface area is 125 Å². The van der Waals surface area contributed by atoms with Crippen LogP contribution >= 0.6 is 11.8 Å². The molecule has 0 aromatic rings. The fourth-order valence-electron chi connectivity index (χ4n) is 2.33. The van der Waals surface area contributed by atoms with Crippen LogP contribution in [-0.4, -0.2) is 57.2 Å². The number of amides is 2. The second-order valence-corrected chi connectivity index (χ2v) is 6.40. The number of urea groups is 1. The largest absolute Gasteiger partial charge is 0.480 e. The smallest absolute Gasteiger partial charge is 0.327 e. The van der Waals surface area contributed by atoms with Gasteiger partial charge >= 0.3 is 12.0 Å². The average molecular weight is 300 g/mol. The van der Waals surface area contributed by atoms with Gasteiger partial charge in [0.05, 0.1) is 5.37 Å². The van der Waals surface area contributed by atoms with Crippen LogP contribution < -0.4 is 0 Å². The summed E-state index contributed by atoms with van der Waals surface area (Å²) in [5.41, 5.74) is 0. The van der Waals surface area contributed by atoms with E-state index in [0.29, 0.717) is 18.8 Å². The van der Waals surface area contributed by atoms with Crippen LogP contribution in [0.25, 0.3) is 0 Å². The van der Waals surface area contributed by atoms with Gasteiger partial charge in [0.15, 0.2) is 0 Å². The van der Waals surface area contributed by atoms with Crippen LogP contribution in [0.4, 0.5) is 4.79 Å². The number of carboxylic acids is 1. The molecule has 1 aliphatic heterocycles. The third-order valence-electron chi connectivity index (χ3n) is 3.22. The van der Waals surface area contributed by atoms with Gasteiger partial charge in [-0.05, 0) is 12.3 Å². The van der Waals surface area contributed by atoms with Gasteiger partial charge in [0, 0.05) is 18.8 Å². The molecule has 5 nitrogen and oxygen atoms in total. The van der Waals surface area contributed by atoms with Crippen LogP contribution in [0.3, 0.4) is 0 Å². The SMILES string of the molecule is C=CCN(CCC)C(=O)N1C(C(=O)O)CSC1C(C)C. The average Bonchev–Trinajstić information content (AvgIpc) is 2.82. The quantitative estimate of drug-likeness (QED) is 0.766. The number of aliphatic carboxylic acids is 1. The zero-order chi connectivity index (χ0) is 15.3. The molecule has 0 bridgehead atoms. The number of hydrogen-bond acceptors (Lipinski definition) is 3. The summed E-state index contributed by atoms with van der Waals surface area (Å²) in [4.78, 5) is 27.3. The van der Waals surface area contributed by atoms with Gasteiger partial charge in [-0.25, -0.2) is 9.59 Å². The van der Waals surface area contributed by atoms with E-state index in [1.54, 1.807) is 22.7 Å². The standard InChI is InChI=1S/C14H24N2O3S/c1-5-7-15(8-6-2)14(19)16-11(13(17)18)9-20-12(16)10(3)4/h5,10-12H,1,6-9H2,2-4H3,(H,17,18). The van der Waals surface area contributed by atoms with Gasteiger partial charge in [-0.3, -0.25) is 4.90 Å². The molecule has 114 valence electrons. The van der Waals surface area contributed by atoms with Gasteiger partial charge in [0.1, 0.15) is 6.04 Å². The molecule has 0 aromatic heterocycles. The fourth-order valence-corrected chi connectivity index (χ4v) is 3.79. The van der Waals surface area contributed by atoms with Crippen molar-refractivity contribution in [2.75, 3.05) is 18.8 Å². The minimum Gasteiger partial charge on any atom is -0.480 e. The first-order valence-corrected chi connectivity index (χ1v) is 8.01. The summed E-state index contributed by atoms with van der Waals surface area (Å²) in [7, 11) is 0. The van der Waals surface area contributed by atoms with Crippen molar-refractivity contribution in [1.29, 1.82) is 0 Å². The van der Waals surface area contributed by atoms with Crippen molar-refractivity contribution in [3.05, 3.63) is 12.7 Å². The molecule has 1 rings (SSSR count). The van der Waals surface area contributed by atoms with Crippen LogP contribution in [0.5, 0.6) is 0 Å². The molecule has 0 aromatic carbocycles. The molecule has 1 saturated heterocycles. The Morgan fingerprint density at radius 2 is 2.20 bits per heavy atom. The number of thioether (sulfide) groups is 1. The lowest BCUT2D eigenvalue weighted by atomic mass is 10.1. The van der Waals surface area contributed by atoms with Crippen LogP contribution in [0, 0.1) is 5.92 Å². The van der Waals surface area contributed by atoms with E-state index in [-0.39, 0.29) is 17.3 Å². The summed E-state index contributed by atoms with van der Waals surface area (Å²) < 4.78 is 0. The van der Waals surface area contributed by atoms with Crippen molar-refractivity contribution in [3.8, 4) is 0 Å². The Bertz CT molecular complexity index is 373. The Hall–Kier alpha value is -1.17. The maximum absolute atomic E-state index is 12.7. The summed E-state index contributed by atoms with van der Waals surface area (Å²) in [6.07, 6.45) is 2.52. The summed E-state index contributed by atoms with van der Waals surface area (Å²) in [6.45, 7) is 10.8. The molecule has 0 aliphatic carbocycles. The molecule has 2 amide bonds. The molecule has 0 spiro atoms. The van der Waals surface area contributed by atoms with Crippen molar-refractivity contribution in [2.45, 2.75) is 38.6 Å². The molecule has 20 heavy (non-hydrogen) atoms. The van der Waals surface area contributed by atoms with E-state index in [0.717, 1.165) is 6.42 Å². The summed E-state index contributed by atoms with van der Waals surface area (Å²) in [5, 5.41) is 9.25. The van der Waals surface area contributed by atoms with Crippen molar-refractivity contribution in [2.24, 2.45) is 5.92 Å². The number of hydrogen-bond donors (Lipinski definition) is 1. The van der Waals surface area contributed by atoms with E-state index in [9.17, 15) is 14.7 Å². The Morgan fingerprint density at radius 1 is 1.55 bits per heavy atom. The van der Waals surface area contributed by atoms with Gasteiger partial charge in [-0.15, -0.1) is 18.3 Å². The first kappa shape index (κ1) is 16.9. The zero-order valence-electron chi connectivity index (χ0n) is 12.4. The Morgan fingerprint density at radius 3 is 2.65 bits per heavy atom. The van der Waals surface area contributed by atoms with E-state index >= 15 is 0 Å². The van der Waals surface area contributed by atoms with E-state index in [2.05, 4.69) is 6.58 Å². The van der Waals surface area contributed by atoms with E-state index in [4.69, 9.17) is 0 Å². The Kier molecular flexibility index (Phi) is 6.39. The van der Waals surface area contributed by atoms with Crippen molar-refractivity contribution in [3.63, 3.8) is 0 Å². The predicted octanol–water partition coefficient (Wildman–Crippen LogP) is 2.49. The topological polar surface area (TPSA) is 60.9 Å². The number of nitrogens with zero attached hydrogens (tertiary/aromatic N) is 2. The molecule has 2 atom stereocenters. The first-order chi connectivity index (χ1) is 9.43. The molecular formula is C14H24N2O3S. The van der Waals surface area contributed by atoms with Crippen molar-refractivity contribution >= 4 is 23.8 Å². The second-order valence-electron chi connectivity index (χ2n) is 5.25. The van der Waals surface area contributed by atoms with Gasteiger partial charge in [0.2, 0.25) is 0 Å². The molecular weight excluding hydrogens is 276 g/mol. The van der Waals surface area contributed by atoms with Crippen molar-refractivity contribution < 1.29 is 14.7 Å². The highest BCUT2D eigenvalue weighted by Gasteiger charge is 2.44. The van der Waals surface area contributed by atoms with Gasteiger partial charge in [-0.1, -0.05) is 26.8 Å². The monoisotopic (exact) mass is 300 g/mol. The lowest BCUT2D eigenvalue weighted by molar-refractivity contribution is -0.141. The molecule has 1 N–H and O–H groups in total. The number of carbonyl (C=O) groups is 2. The minimum atomic E-state index is -0.927. The summed E-state index contributed by atoms with van der Waals surface area (Å²) in [6, 6.07) is -0.924. The van der Waals surface area contributed by atoms with Gasteiger partial charge in [0.25, 0.3) is 0 Å². The highest BCUT2D eigenvalue weighted by Crippen LogP contribution is 2.34. The molecule has 1 aliphatic rings. The maximum Gasteiger partial charge on any atom is 0.327 e. The number of carboxylic acid groups (broad SMARTS) is 1.